The number of hydrogen-bond acceptors (Lipinski definition) is 5. The van der Waals surface area contributed by atoms with Crippen molar-refractivity contribution in [3.63, 3.8) is 0 Å². The molecule has 0 saturated carbocycles. The van der Waals surface area contributed by atoms with Crippen molar-refractivity contribution < 1.29 is 19.7 Å². The summed E-state index contributed by atoms with van der Waals surface area (Å²) in [5.41, 5.74) is 8.10. The van der Waals surface area contributed by atoms with Crippen LogP contribution >= 0.6 is 0 Å². The fraction of sp³-hybridized carbons (Fsp3) is 1.00. The lowest BCUT2D eigenvalue weighted by molar-refractivity contribution is -0.239. The molecule has 0 amide bonds. The van der Waals surface area contributed by atoms with Gasteiger partial charge < -0.3 is 19.7 Å². The summed E-state index contributed by atoms with van der Waals surface area (Å²) >= 11 is 0. The third-order valence-corrected chi connectivity index (χ3v) is 2.12. The third-order valence-electron chi connectivity index (χ3n) is 2.12. The quantitative estimate of drug-likeness (QED) is 0.375. The monoisotopic (exact) mass is 203 g/mol. The van der Waals surface area contributed by atoms with Crippen molar-refractivity contribution in [3.8, 4) is 0 Å². The van der Waals surface area contributed by atoms with Crippen molar-refractivity contribution in [2.24, 2.45) is 5.11 Å². The number of ether oxygens (including phenoxy) is 2. The summed E-state index contributed by atoms with van der Waals surface area (Å²) in [5.74, 6) is 0. The van der Waals surface area contributed by atoms with Crippen molar-refractivity contribution in [2.45, 2.75) is 31.0 Å². The molecule has 4 atom stereocenters. The van der Waals surface area contributed by atoms with Crippen molar-refractivity contribution in [1.82, 2.24) is 0 Å². The summed E-state index contributed by atoms with van der Waals surface area (Å²) in [7, 11) is 1.44. The van der Waals surface area contributed by atoms with E-state index in [9.17, 15) is 10.2 Å². The molecule has 1 rings (SSSR count). The van der Waals surface area contributed by atoms with Crippen LogP contribution < -0.4 is 0 Å². The lowest BCUT2D eigenvalue weighted by Crippen LogP contribution is -2.49. The molecule has 1 aliphatic heterocycles. The van der Waals surface area contributed by atoms with E-state index in [0.717, 1.165) is 0 Å². The van der Waals surface area contributed by atoms with Crippen molar-refractivity contribution in [1.29, 1.82) is 0 Å². The van der Waals surface area contributed by atoms with Crippen LogP contribution in [0.25, 0.3) is 10.4 Å². The number of rotatable bonds is 3. The Bertz CT molecular complexity index is 231. The molecule has 2 N–H and O–H groups in total. The average Bonchev–Trinajstić information content (AvgIpc) is 2.20. The number of aliphatic hydroxyl groups is 2. The van der Waals surface area contributed by atoms with Crippen LogP contribution in [0.5, 0.6) is 0 Å². The SMILES string of the molecule is CO[C@@H]1C[C@@H](O)[C@H](O)[C@@H](CN=[N+]=[N-])O1. The fourth-order valence-electron chi connectivity index (χ4n) is 1.34. The molecule has 1 saturated heterocycles. The molecule has 0 spiro atoms. The van der Waals surface area contributed by atoms with Gasteiger partial charge in [-0.1, -0.05) is 5.11 Å². The van der Waals surface area contributed by atoms with Gasteiger partial charge in [-0.25, -0.2) is 0 Å². The summed E-state index contributed by atoms with van der Waals surface area (Å²) in [4.78, 5) is 2.55. The first-order valence-electron chi connectivity index (χ1n) is 4.24. The number of hydrogen-bond donors (Lipinski definition) is 2. The molecule has 1 aliphatic rings. The predicted molar refractivity (Wildman–Crippen MR) is 46.3 cm³/mol. The predicted octanol–water partition coefficient (Wildman–Crippen LogP) is -0.220. The van der Waals surface area contributed by atoms with Gasteiger partial charge in [0.05, 0.1) is 18.8 Å². The second kappa shape index (κ2) is 5.14. The number of azide groups is 1. The Labute approximate surface area is 80.9 Å². The van der Waals surface area contributed by atoms with Gasteiger partial charge in [0.1, 0.15) is 6.10 Å². The van der Waals surface area contributed by atoms with E-state index >= 15 is 0 Å². The Morgan fingerprint density at radius 2 is 2.36 bits per heavy atom. The van der Waals surface area contributed by atoms with E-state index in [1.807, 2.05) is 0 Å². The fourth-order valence-corrected chi connectivity index (χ4v) is 1.34. The van der Waals surface area contributed by atoms with Gasteiger partial charge in [-0.05, 0) is 5.53 Å². The van der Waals surface area contributed by atoms with Gasteiger partial charge in [-0.3, -0.25) is 0 Å². The summed E-state index contributed by atoms with van der Waals surface area (Å²) in [6, 6.07) is 0. The zero-order valence-corrected chi connectivity index (χ0v) is 7.78. The van der Waals surface area contributed by atoms with Gasteiger partial charge in [0, 0.05) is 18.4 Å². The van der Waals surface area contributed by atoms with Crippen LogP contribution in [-0.2, 0) is 9.47 Å². The van der Waals surface area contributed by atoms with Crippen molar-refractivity contribution in [2.75, 3.05) is 13.7 Å². The van der Waals surface area contributed by atoms with E-state index in [1.165, 1.54) is 7.11 Å². The molecule has 0 radical (unpaired) electrons. The average molecular weight is 203 g/mol. The first-order chi connectivity index (χ1) is 6.69. The second-order valence-electron chi connectivity index (χ2n) is 3.05. The van der Waals surface area contributed by atoms with Gasteiger partial charge in [0.15, 0.2) is 6.29 Å². The molecule has 1 fully saturated rings. The molecule has 7 heteroatoms. The maximum absolute atomic E-state index is 9.46. The summed E-state index contributed by atoms with van der Waals surface area (Å²) in [5, 5.41) is 22.1. The number of aliphatic hydroxyl groups excluding tert-OH is 2. The highest BCUT2D eigenvalue weighted by Gasteiger charge is 2.36. The lowest BCUT2D eigenvalue weighted by Gasteiger charge is -2.35. The first kappa shape index (κ1) is 11.2. The largest absolute Gasteiger partial charge is 0.390 e. The number of nitrogens with zero attached hydrogens (tertiary/aromatic N) is 3. The molecular weight excluding hydrogens is 190 g/mol. The smallest absolute Gasteiger partial charge is 0.160 e. The van der Waals surface area contributed by atoms with Crippen LogP contribution in [0, 0.1) is 0 Å². The molecule has 14 heavy (non-hydrogen) atoms. The Morgan fingerprint density at radius 3 is 2.93 bits per heavy atom. The molecule has 0 aromatic heterocycles. The van der Waals surface area contributed by atoms with Gasteiger partial charge in [0.2, 0.25) is 0 Å². The first-order valence-corrected chi connectivity index (χ1v) is 4.24. The minimum atomic E-state index is -1.04. The second-order valence-corrected chi connectivity index (χ2v) is 3.05. The molecule has 80 valence electrons. The van der Waals surface area contributed by atoms with Gasteiger partial charge in [-0.2, -0.15) is 0 Å². The van der Waals surface area contributed by atoms with Crippen molar-refractivity contribution >= 4 is 0 Å². The van der Waals surface area contributed by atoms with Crippen LogP contribution in [0.15, 0.2) is 5.11 Å². The molecule has 0 aliphatic carbocycles. The minimum Gasteiger partial charge on any atom is -0.390 e. The Balaban J connectivity index is 2.57. The highest BCUT2D eigenvalue weighted by Crippen LogP contribution is 2.20. The van der Waals surface area contributed by atoms with E-state index in [2.05, 4.69) is 10.0 Å². The zero-order valence-electron chi connectivity index (χ0n) is 7.78. The van der Waals surface area contributed by atoms with E-state index in [0.29, 0.717) is 0 Å². The Kier molecular flexibility index (Phi) is 4.12. The van der Waals surface area contributed by atoms with Gasteiger partial charge in [-0.15, -0.1) is 0 Å². The highest BCUT2D eigenvalue weighted by molar-refractivity contribution is 4.84. The summed E-state index contributed by atoms with van der Waals surface area (Å²) < 4.78 is 10.1. The molecule has 1 heterocycles. The van der Waals surface area contributed by atoms with Crippen LogP contribution in [0.2, 0.25) is 0 Å². The molecule has 0 aromatic carbocycles. The molecule has 7 nitrogen and oxygen atoms in total. The maximum atomic E-state index is 9.46. The molecule has 0 unspecified atom stereocenters. The van der Waals surface area contributed by atoms with E-state index < -0.39 is 24.6 Å². The summed E-state index contributed by atoms with van der Waals surface area (Å²) in [6.07, 6.45) is -3.00. The van der Waals surface area contributed by atoms with Gasteiger partial charge >= 0.3 is 0 Å². The zero-order chi connectivity index (χ0) is 10.6. The summed E-state index contributed by atoms with van der Waals surface area (Å²) in [6.45, 7) is -0.0193. The van der Waals surface area contributed by atoms with E-state index in [1.54, 1.807) is 0 Å². The maximum Gasteiger partial charge on any atom is 0.160 e. The topological polar surface area (TPSA) is 108 Å². The van der Waals surface area contributed by atoms with E-state index in [-0.39, 0.29) is 13.0 Å². The van der Waals surface area contributed by atoms with Crippen LogP contribution in [-0.4, -0.2) is 48.5 Å². The Morgan fingerprint density at radius 1 is 1.64 bits per heavy atom. The molecular formula is C7H13N3O4. The molecule has 0 bridgehead atoms. The normalized spacial score (nSPS) is 37.6. The van der Waals surface area contributed by atoms with Crippen LogP contribution in [0.1, 0.15) is 6.42 Å². The standard InChI is InChI=1S/C7H13N3O4/c1-13-6-2-4(11)7(12)5(14-6)3-9-10-8/h4-7,11-12H,2-3H2,1H3/t4-,5-,6+,7+/m1/s1. The lowest BCUT2D eigenvalue weighted by atomic mass is 10.0. The van der Waals surface area contributed by atoms with Gasteiger partial charge in [0.25, 0.3) is 0 Å². The number of methoxy groups -OCH3 is 1. The van der Waals surface area contributed by atoms with E-state index in [4.69, 9.17) is 15.0 Å². The highest BCUT2D eigenvalue weighted by atomic mass is 16.7. The van der Waals surface area contributed by atoms with Crippen LogP contribution in [0.4, 0.5) is 0 Å². The third kappa shape index (κ3) is 2.57. The minimum absolute atomic E-state index is 0.0193. The molecule has 0 aromatic rings. The van der Waals surface area contributed by atoms with Crippen LogP contribution in [0.3, 0.4) is 0 Å². The van der Waals surface area contributed by atoms with Crippen molar-refractivity contribution in [3.05, 3.63) is 10.4 Å². The Hall–Kier alpha value is -0.850.